The molecule has 0 aliphatic rings. The molecule has 0 unspecified atom stereocenters. The van der Waals surface area contributed by atoms with Crippen LogP contribution in [0.5, 0.6) is 0 Å². The van der Waals surface area contributed by atoms with Gasteiger partial charge in [-0.15, -0.1) is 0 Å². The summed E-state index contributed by atoms with van der Waals surface area (Å²) < 4.78 is 9.73. The lowest BCUT2D eigenvalue weighted by Crippen LogP contribution is -2.07. The minimum absolute atomic E-state index is 0.160. The SMILES string of the molecule is C=C(OCC)c1cnc(C(=O)OC)cc1N. The highest BCUT2D eigenvalue weighted by Crippen LogP contribution is 2.20. The zero-order valence-electron chi connectivity index (χ0n) is 9.32. The molecular formula is C11H14N2O3. The van der Waals surface area contributed by atoms with Crippen LogP contribution in [0.25, 0.3) is 5.76 Å². The van der Waals surface area contributed by atoms with E-state index in [-0.39, 0.29) is 5.69 Å². The highest BCUT2D eigenvalue weighted by atomic mass is 16.5. The summed E-state index contributed by atoms with van der Waals surface area (Å²) in [6, 6.07) is 1.44. The predicted molar refractivity (Wildman–Crippen MR) is 60.6 cm³/mol. The summed E-state index contributed by atoms with van der Waals surface area (Å²) in [6.07, 6.45) is 1.44. The molecule has 0 aromatic carbocycles. The largest absolute Gasteiger partial charge is 0.494 e. The Balaban J connectivity index is 3.00. The lowest BCUT2D eigenvalue weighted by atomic mass is 10.2. The first-order chi connectivity index (χ1) is 7.60. The van der Waals surface area contributed by atoms with Crippen LogP contribution < -0.4 is 5.73 Å². The summed E-state index contributed by atoms with van der Waals surface area (Å²) in [6.45, 7) is 6.05. The van der Waals surface area contributed by atoms with Gasteiger partial charge in [-0.25, -0.2) is 9.78 Å². The van der Waals surface area contributed by atoms with E-state index in [2.05, 4.69) is 16.3 Å². The monoisotopic (exact) mass is 222 g/mol. The molecule has 0 aliphatic carbocycles. The first kappa shape index (κ1) is 12.0. The molecule has 1 heterocycles. The molecular weight excluding hydrogens is 208 g/mol. The van der Waals surface area contributed by atoms with Crippen molar-refractivity contribution in [1.29, 1.82) is 0 Å². The molecule has 0 radical (unpaired) electrons. The number of carbonyl (C=O) groups excluding carboxylic acids is 1. The molecule has 16 heavy (non-hydrogen) atoms. The predicted octanol–water partition coefficient (Wildman–Crippen LogP) is 1.46. The number of pyridine rings is 1. The molecule has 2 N–H and O–H groups in total. The Kier molecular flexibility index (Phi) is 3.88. The van der Waals surface area contributed by atoms with Gasteiger partial charge in [0.15, 0.2) is 0 Å². The van der Waals surface area contributed by atoms with E-state index in [0.29, 0.717) is 23.6 Å². The van der Waals surface area contributed by atoms with Gasteiger partial charge in [-0.3, -0.25) is 0 Å². The van der Waals surface area contributed by atoms with E-state index >= 15 is 0 Å². The van der Waals surface area contributed by atoms with E-state index in [9.17, 15) is 4.79 Å². The Morgan fingerprint density at radius 2 is 2.31 bits per heavy atom. The number of hydrogen-bond acceptors (Lipinski definition) is 5. The summed E-state index contributed by atoms with van der Waals surface area (Å²) in [4.78, 5) is 15.1. The lowest BCUT2D eigenvalue weighted by Gasteiger charge is -2.09. The normalized spacial score (nSPS) is 9.62. The molecule has 0 spiro atoms. The summed E-state index contributed by atoms with van der Waals surface area (Å²) in [7, 11) is 1.28. The fourth-order valence-electron chi connectivity index (χ4n) is 1.17. The first-order valence-corrected chi connectivity index (χ1v) is 4.76. The standard InChI is InChI=1S/C11H14N2O3/c1-4-16-7(2)8-6-13-10(5-9(8)12)11(14)15-3/h5-6H,2,4H2,1,3H3,(H2,12,13). The maximum absolute atomic E-state index is 11.2. The third kappa shape index (κ3) is 2.50. The maximum Gasteiger partial charge on any atom is 0.356 e. The van der Waals surface area contributed by atoms with E-state index in [4.69, 9.17) is 10.5 Å². The number of carbonyl (C=O) groups is 1. The number of methoxy groups -OCH3 is 1. The topological polar surface area (TPSA) is 74.4 Å². The van der Waals surface area contributed by atoms with Gasteiger partial charge in [0, 0.05) is 11.9 Å². The zero-order valence-corrected chi connectivity index (χ0v) is 9.32. The van der Waals surface area contributed by atoms with Crippen molar-refractivity contribution in [2.24, 2.45) is 0 Å². The molecule has 0 saturated carbocycles. The average molecular weight is 222 g/mol. The number of esters is 1. The number of nitrogen functional groups attached to an aromatic ring is 1. The van der Waals surface area contributed by atoms with Gasteiger partial charge in [-0.2, -0.15) is 0 Å². The molecule has 1 rings (SSSR count). The van der Waals surface area contributed by atoms with Gasteiger partial charge in [-0.1, -0.05) is 6.58 Å². The highest BCUT2D eigenvalue weighted by Gasteiger charge is 2.11. The van der Waals surface area contributed by atoms with Crippen LogP contribution in [-0.4, -0.2) is 24.7 Å². The van der Waals surface area contributed by atoms with Crippen LogP contribution in [0.2, 0.25) is 0 Å². The quantitative estimate of drug-likeness (QED) is 0.616. The summed E-state index contributed by atoms with van der Waals surface area (Å²) >= 11 is 0. The van der Waals surface area contributed by atoms with Crippen molar-refractivity contribution in [3.8, 4) is 0 Å². The Labute approximate surface area is 93.9 Å². The molecule has 1 aromatic rings. The van der Waals surface area contributed by atoms with E-state index in [1.807, 2.05) is 6.92 Å². The molecule has 0 amide bonds. The number of anilines is 1. The van der Waals surface area contributed by atoms with Crippen molar-refractivity contribution in [2.45, 2.75) is 6.92 Å². The van der Waals surface area contributed by atoms with Gasteiger partial charge in [0.05, 0.1) is 19.3 Å². The fraction of sp³-hybridized carbons (Fsp3) is 0.273. The molecule has 0 atom stereocenters. The van der Waals surface area contributed by atoms with Gasteiger partial charge in [0.2, 0.25) is 0 Å². The van der Waals surface area contributed by atoms with Crippen molar-refractivity contribution >= 4 is 17.4 Å². The van der Waals surface area contributed by atoms with Crippen molar-refractivity contribution in [3.05, 3.63) is 30.1 Å². The minimum Gasteiger partial charge on any atom is -0.494 e. The van der Waals surface area contributed by atoms with E-state index < -0.39 is 5.97 Å². The van der Waals surface area contributed by atoms with E-state index in [1.54, 1.807) is 0 Å². The molecule has 0 bridgehead atoms. The number of ether oxygens (including phenoxy) is 2. The summed E-state index contributed by atoms with van der Waals surface area (Å²) in [5.41, 5.74) is 6.88. The third-order valence-corrected chi connectivity index (χ3v) is 1.95. The molecule has 0 aliphatic heterocycles. The number of hydrogen-bond donors (Lipinski definition) is 1. The van der Waals surface area contributed by atoms with Crippen LogP contribution in [-0.2, 0) is 9.47 Å². The Bertz CT molecular complexity index is 416. The highest BCUT2D eigenvalue weighted by molar-refractivity contribution is 5.89. The fourth-order valence-corrected chi connectivity index (χ4v) is 1.17. The number of nitrogens with zero attached hydrogens (tertiary/aromatic N) is 1. The van der Waals surface area contributed by atoms with E-state index in [0.717, 1.165) is 0 Å². The second-order valence-electron chi connectivity index (χ2n) is 3.00. The maximum atomic E-state index is 11.2. The van der Waals surface area contributed by atoms with Crippen molar-refractivity contribution in [1.82, 2.24) is 4.98 Å². The summed E-state index contributed by atoms with van der Waals surface area (Å²) in [5, 5.41) is 0. The van der Waals surface area contributed by atoms with Crippen molar-refractivity contribution in [3.63, 3.8) is 0 Å². The van der Waals surface area contributed by atoms with Gasteiger partial charge >= 0.3 is 5.97 Å². The Morgan fingerprint density at radius 1 is 1.62 bits per heavy atom. The van der Waals surface area contributed by atoms with Crippen LogP contribution in [0.15, 0.2) is 18.8 Å². The van der Waals surface area contributed by atoms with Crippen molar-refractivity contribution < 1.29 is 14.3 Å². The van der Waals surface area contributed by atoms with Gasteiger partial charge < -0.3 is 15.2 Å². The molecule has 0 saturated heterocycles. The first-order valence-electron chi connectivity index (χ1n) is 4.76. The molecule has 5 heteroatoms. The van der Waals surface area contributed by atoms with E-state index in [1.165, 1.54) is 19.4 Å². The number of aromatic nitrogens is 1. The Morgan fingerprint density at radius 3 is 2.81 bits per heavy atom. The average Bonchev–Trinajstić information content (AvgIpc) is 2.28. The second-order valence-corrected chi connectivity index (χ2v) is 3.00. The smallest absolute Gasteiger partial charge is 0.356 e. The van der Waals surface area contributed by atoms with Crippen LogP contribution in [0.3, 0.4) is 0 Å². The van der Waals surface area contributed by atoms with Crippen LogP contribution in [0.1, 0.15) is 23.0 Å². The molecule has 1 aromatic heterocycles. The van der Waals surface area contributed by atoms with Crippen LogP contribution in [0, 0.1) is 0 Å². The lowest BCUT2D eigenvalue weighted by molar-refractivity contribution is 0.0594. The molecule has 86 valence electrons. The second kappa shape index (κ2) is 5.16. The van der Waals surface area contributed by atoms with Crippen molar-refractivity contribution in [2.75, 3.05) is 19.5 Å². The number of nitrogens with two attached hydrogens (primary N) is 1. The molecule has 0 fully saturated rings. The molecule has 5 nitrogen and oxygen atoms in total. The van der Waals surface area contributed by atoms with Gasteiger partial charge in [0.25, 0.3) is 0 Å². The third-order valence-electron chi connectivity index (χ3n) is 1.95. The van der Waals surface area contributed by atoms with Gasteiger partial charge in [0.1, 0.15) is 11.5 Å². The van der Waals surface area contributed by atoms with Gasteiger partial charge in [-0.05, 0) is 13.0 Å². The Hall–Kier alpha value is -2.04. The zero-order chi connectivity index (χ0) is 12.1. The minimum atomic E-state index is -0.528. The summed E-state index contributed by atoms with van der Waals surface area (Å²) in [5.74, 6) is -0.0933. The number of rotatable bonds is 4. The van der Waals surface area contributed by atoms with Crippen LogP contribution >= 0.6 is 0 Å². The van der Waals surface area contributed by atoms with Crippen LogP contribution in [0.4, 0.5) is 5.69 Å².